The Bertz CT molecular complexity index is 220. The first-order valence-electron chi connectivity index (χ1n) is 2.75. The first kappa shape index (κ1) is 6.72. The van der Waals surface area contributed by atoms with Crippen LogP contribution in [0.3, 0.4) is 0 Å². The van der Waals surface area contributed by atoms with E-state index in [1.54, 1.807) is 0 Å². The van der Waals surface area contributed by atoms with E-state index >= 15 is 0 Å². The van der Waals surface area contributed by atoms with Gasteiger partial charge in [-0.05, 0) is 0 Å². The topological polar surface area (TPSA) is 12.4 Å². The maximum atomic E-state index is 4.01. The molecule has 0 unspecified atom stereocenters. The Morgan fingerprint density at radius 1 is 1.33 bits per heavy atom. The van der Waals surface area contributed by atoms with Crippen molar-refractivity contribution in [1.29, 1.82) is 0 Å². The Labute approximate surface area is 63.9 Å². The zero-order valence-electron chi connectivity index (χ0n) is 5.20. The summed E-state index contributed by atoms with van der Waals surface area (Å²) in [5.74, 6) is 0. The second-order valence-electron chi connectivity index (χ2n) is 1.89. The van der Waals surface area contributed by atoms with Crippen molar-refractivity contribution in [2.45, 2.75) is 6.92 Å². The number of nitrogens with zero attached hydrogens (tertiary/aromatic N) is 1. The Balaban J connectivity index is 3.15. The van der Waals surface area contributed by atoms with Crippen LogP contribution < -0.4 is 0 Å². The molecule has 0 atom stereocenters. The van der Waals surface area contributed by atoms with Gasteiger partial charge in [-0.2, -0.15) is 0 Å². The van der Waals surface area contributed by atoms with Crippen LogP contribution in [0.4, 0.5) is 5.69 Å². The molecular weight excluding hydrogens is 149 g/mol. The molecule has 0 aliphatic heterocycles. The Hall–Kier alpha value is -0.396. The normalized spacial score (nSPS) is 8.89. The summed E-state index contributed by atoms with van der Waals surface area (Å²) < 4.78 is 4.01. The molecule has 0 saturated carbocycles. The quantitative estimate of drug-likeness (QED) is 0.591. The van der Waals surface area contributed by atoms with Crippen molar-refractivity contribution in [2.24, 2.45) is 3.79 Å². The van der Waals surface area contributed by atoms with E-state index in [1.807, 2.05) is 31.2 Å². The summed E-state index contributed by atoms with van der Waals surface area (Å²) in [6.45, 7) is 2.05. The molecule has 0 saturated heterocycles. The molecule has 1 aromatic carbocycles. The number of benzene rings is 1. The van der Waals surface area contributed by atoms with E-state index in [4.69, 9.17) is 0 Å². The van der Waals surface area contributed by atoms with Gasteiger partial charge in [-0.3, -0.25) is 0 Å². The van der Waals surface area contributed by atoms with Crippen LogP contribution in [-0.4, -0.2) is 0 Å². The summed E-state index contributed by atoms with van der Waals surface area (Å²) in [6, 6.07) is 8.04. The van der Waals surface area contributed by atoms with E-state index in [0.717, 1.165) is 5.69 Å². The van der Waals surface area contributed by atoms with E-state index in [0.29, 0.717) is 0 Å². The van der Waals surface area contributed by atoms with Gasteiger partial charge in [0.2, 0.25) is 0 Å². The van der Waals surface area contributed by atoms with Gasteiger partial charge in [-0.15, -0.1) is 0 Å². The molecule has 45 valence electrons. The van der Waals surface area contributed by atoms with Crippen molar-refractivity contribution in [1.82, 2.24) is 0 Å². The van der Waals surface area contributed by atoms with E-state index in [2.05, 4.69) is 21.0 Å². The summed E-state index contributed by atoms with van der Waals surface area (Å²) in [4.78, 5) is 0. The third kappa shape index (κ3) is 1.50. The second-order valence-corrected chi connectivity index (χ2v) is 2.20. The van der Waals surface area contributed by atoms with Crippen molar-refractivity contribution in [3.63, 3.8) is 0 Å². The monoisotopic (exact) mass is 156 g/mol. The van der Waals surface area contributed by atoms with Crippen molar-refractivity contribution < 1.29 is 17.2 Å². The van der Waals surface area contributed by atoms with Gasteiger partial charge in [-0.1, -0.05) is 0 Å². The summed E-state index contributed by atoms with van der Waals surface area (Å²) >= 11 is 2.22. The SMILES string of the molecule is Cc1ccccc1[N]=[V]. The molecule has 9 heavy (non-hydrogen) atoms. The van der Waals surface area contributed by atoms with Gasteiger partial charge >= 0.3 is 63.5 Å². The Morgan fingerprint density at radius 2 is 2.00 bits per heavy atom. The van der Waals surface area contributed by atoms with Crippen molar-refractivity contribution in [2.75, 3.05) is 0 Å². The summed E-state index contributed by atoms with van der Waals surface area (Å²) in [5.41, 5.74) is 2.27. The first-order valence-corrected chi connectivity index (χ1v) is 3.38. The Morgan fingerprint density at radius 3 is 2.44 bits per heavy atom. The van der Waals surface area contributed by atoms with Gasteiger partial charge in [-0.25, -0.2) is 0 Å². The Kier molecular flexibility index (Phi) is 2.20. The molecule has 0 N–H and O–H groups in total. The number of hydrogen-bond acceptors (Lipinski definition) is 1. The fraction of sp³-hybridized carbons (Fsp3) is 0.143. The summed E-state index contributed by atoms with van der Waals surface area (Å²) in [5, 5.41) is 0. The molecular formula is C7H7NV. The first-order chi connectivity index (χ1) is 4.34. The van der Waals surface area contributed by atoms with E-state index in [1.165, 1.54) is 5.56 Å². The van der Waals surface area contributed by atoms with Crippen molar-refractivity contribution in [3.8, 4) is 0 Å². The van der Waals surface area contributed by atoms with Gasteiger partial charge in [0.15, 0.2) is 0 Å². The van der Waals surface area contributed by atoms with Crippen LogP contribution in [0, 0.1) is 6.92 Å². The van der Waals surface area contributed by atoms with Crippen molar-refractivity contribution in [3.05, 3.63) is 29.8 Å². The van der Waals surface area contributed by atoms with Crippen molar-refractivity contribution >= 4 is 5.69 Å². The maximum absolute atomic E-state index is 4.01. The van der Waals surface area contributed by atoms with Gasteiger partial charge in [0.25, 0.3) is 0 Å². The fourth-order valence-corrected chi connectivity index (χ4v) is 1.03. The average Bonchev–Trinajstić information content (AvgIpc) is 1.89. The average molecular weight is 156 g/mol. The molecule has 1 nitrogen and oxygen atoms in total. The number of rotatable bonds is 1. The van der Waals surface area contributed by atoms with Crippen LogP contribution in [0.15, 0.2) is 28.1 Å². The van der Waals surface area contributed by atoms with Crippen LogP contribution in [0.1, 0.15) is 5.56 Å². The predicted octanol–water partition coefficient (Wildman–Crippen LogP) is 2.36. The van der Waals surface area contributed by atoms with E-state index in [9.17, 15) is 0 Å². The van der Waals surface area contributed by atoms with Gasteiger partial charge in [0.1, 0.15) is 0 Å². The minimum absolute atomic E-state index is 1.05. The molecule has 0 aliphatic rings. The second kappa shape index (κ2) is 2.95. The standard InChI is InChI=1S/C7H7N.V/c1-6-4-2-3-5-7(6)8;/h2-5H,1H3;. The molecule has 1 aromatic rings. The van der Waals surface area contributed by atoms with Gasteiger partial charge in [0.05, 0.1) is 0 Å². The van der Waals surface area contributed by atoms with Crippen LogP contribution in [-0.2, 0) is 17.2 Å². The van der Waals surface area contributed by atoms with Crippen LogP contribution in [0.2, 0.25) is 0 Å². The number of aryl methyl sites for hydroxylation is 1. The molecule has 0 aliphatic carbocycles. The van der Waals surface area contributed by atoms with Crippen LogP contribution in [0.25, 0.3) is 0 Å². The molecule has 0 aromatic heterocycles. The number of hydrogen-bond donors (Lipinski definition) is 0. The zero-order valence-corrected chi connectivity index (χ0v) is 6.60. The van der Waals surface area contributed by atoms with Crippen LogP contribution in [0.5, 0.6) is 0 Å². The van der Waals surface area contributed by atoms with E-state index < -0.39 is 0 Å². The fourth-order valence-electron chi connectivity index (χ4n) is 0.676. The summed E-state index contributed by atoms with van der Waals surface area (Å²) in [7, 11) is 0. The molecule has 1 rings (SSSR count). The molecule has 0 spiro atoms. The third-order valence-electron chi connectivity index (χ3n) is 1.22. The van der Waals surface area contributed by atoms with Crippen LogP contribution >= 0.6 is 0 Å². The molecule has 0 heterocycles. The predicted molar refractivity (Wildman–Crippen MR) is 33.3 cm³/mol. The molecule has 2 heteroatoms. The molecule has 0 amide bonds. The molecule has 0 bridgehead atoms. The van der Waals surface area contributed by atoms with E-state index in [-0.39, 0.29) is 0 Å². The zero-order chi connectivity index (χ0) is 6.69. The molecule has 0 radical (unpaired) electrons. The molecule has 0 fully saturated rings. The van der Waals surface area contributed by atoms with Gasteiger partial charge in [0, 0.05) is 0 Å². The third-order valence-corrected chi connectivity index (χ3v) is 1.56. The van der Waals surface area contributed by atoms with Gasteiger partial charge < -0.3 is 0 Å². The summed E-state index contributed by atoms with van der Waals surface area (Å²) in [6.07, 6.45) is 0. The minimum atomic E-state index is 1.05.